The lowest BCUT2D eigenvalue weighted by Crippen LogP contribution is -2.07. The number of aromatic amines is 1. The number of benzene rings is 3. The van der Waals surface area contributed by atoms with Crippen LogP contribution in [0.25, 0.3) is 10.9 Å². The number of H-pyrrole nitrogens is 1. The summed E-state index contributed by atoms with van der Waals surface area (Å²) in [4.78, 5) is 10.9. The molecule has 0 aliphatic carbocycles. The first-order valence-electron chi connectivity index (χ1n) is 9.09. The van der Waals surface area contributed by atoms with Crippen molar-refractivity contribution in [1.82, 2.24) is 10.2 Å². The zero-order valence-electron chi connectivity index (χ0n) is 15.8. The minimum absolute atomic E-state index is 0.0204. The van der Waals surface area contributed by atoms with Gasteiger partial charge >= 0.3 is 12.1 Å². The summed E-state index contributed by atoms with van der Waals surface area (Å²) in [5.41, 5.74) is 0.0782. The van der Waals surface area contributed by atoms with Crippen LogP contribution in [0.1, 0.15) is 11.1 Å². The van der Waals surface area contributed by atoms with Crippen molar-refractivity contribution in [1.29, 1.82) is 0 Å². The van der Waals surface area contributed by atoms with Gasteiger partial charge in [0.1, 0.15) is 28.6 Å². The van der Waals surface area contributed by atoms with Gasteiger partial charge in [-0.15, -0.1) is 0 Å². The van der Waals surface area contributed by atoms with Crippen LogP contribution in [0.3, 0.4) is 0 Å². The highest BCUT2D eigenvalue weighted by molar-refractivity contribution is 5.84. The summed E-state index contributed by atoms with van der Waals surface area (Å²) in [6.45, 7) is 0. The Morgan fingerprint density at radius 2 is 1.71 bits per heavy atom. The Bertz CT molecular complexity index is 1250. The molecule has 158 valence electrons. The molecule has 31 heavy (non-hydrogen) atoms. The fraction of sp³-hybridized carbons (Fsp3) is 0.0909. The van der Waals surface area contributed by atoms with E-state index in [-0.39, 0.29) is 17.9 Å². The molecule has 0 unspecified atom stereocenters. The zero-order chi connectivity index (χ0) is 22.0. The maximum absolute atomic E-state index is 13.7. The summed E-state index contributed by atoms with van der Waals surface area (Å²) in [6, 6.07) is 14.4. The number of aliphatic carboxylic acids is 1. The molecule has 0 aliphatic rings. The average Bonchev–Trinajstić information content (AvgIpc) is 3.18. The number of carboxylic acids is 1. The maximum atomic E-state index is 13.7. The summed E-state index contributed by atoms with van der Waals surface area (Å²) in [6.07, 6.45) is -3.44. The first kappa shape index (κ1) is 20.3. The van der Waals surface area contributed by atoms with Crippen LogP contribution < -0.4 is 9.47 Å². The summed E-state index contributed by atoms with van der Waals surface area (Å²) in [5.74, 6) is -1.04. The molecule has 6 nitrogen and oxygen atoms in total. The van der Waals surface area contributed by atoms with Crippen LogP contribution in [-0.2, 0) is 17.4 Å². The predicted molar refractivity (Wildman–Crippen MR) is 105 cm³/mol. The van der Waals surface area contributed by atoms with Gasteiger partial charge in [-0.1, -0.05) is 18.2 Å². The molecule has 1 heterocycles. The van der Waals surface area contributed by atoms with Crippen molar-refractivity contribution in [2.24, 2.45) is 0 Å². The van der Waals surface area contributed by atoms with Gasteiger partial charge in [-0.25, -0.2) is 0 Å². The van der Waals surface area contributed by atoms with Gasteiger partial charge in [-0.2, -0.15) is 18.3 Å². The normalized spacial score (nSPS) is 11.5. The van der Waals surface area contributed by atoms with Gasteiger partial charge < -0.3 is 14.6 Å². The number of hydrogen-bond donors (Lipinski definition) is 2. The Hall–Kier alpha value is -4.01. The maximum Gasteiger partial charge on any atom is 0.420 e. The average molecular weight is 428 g/mol. The molecule has 2 N–H and O–H groups in total. The molecular formula is C22H15F3N2O4. The molecule has 0 aliphatic heterocycles. The lowest BCUT2D eigenvalue weighted by atomic mass is 10.1. The summed E-state index contributed by atoms with van der Waals surface area (Å²) in [7, 11) is 0. The standard InChI is InChI=1S/C22H15F3N2O4/c23-22(24,25)17-11-15(30-19-6-2-5-18-16(19)12-26-27-18)7-8-20(17)31-14-4-1-3-13(9-14)10-21(28)29/h1-9,11-12H,10H2,(H,26,27)(H,28,29). The van der Waals surface area contributed by atoms with Crippen molar-refractivity contribution in [2.45, 2.75) is 12.6 Å². The first-order valence-corrected chi connectivity index (χ1v) is 9.09. The van der Waals surface area contributed by atoms with E-state index in [0.717, 1.165) is 12.1 Å². The highest BCUT2D eigenvalue weighted by atomic mass is 19.4. The summed E-state index contributed by atoms with van der Waals surface area (Å²) < 4.78 is 52.2. The molecule has 1 aromatic heterocycles. The first-order chi connectivity index (χ1) is 14.8. The number of nitrogens with one attached hydrogen (secondary N) is 1. The highest BCUT2D eigenvalue weighted by Gasteiger charge is 2.35. The molecule has 0 atom stereocenters. The minimum atomic E-state index is -4.70. The molecule has 4 aromatic rings. The van der Waals surface area contributed by atoms with Crippen molar-refractivity contribution in [3.63, 3.8) is 0 Å². The number of halogens is 3. The van der Waals surface area contributed by atoms with Gasteiger partial charge in [0.15, 0.2) is 0 Å². The number of fused-ring (bicyclic) bond motifs is 1. The molecule has 0 spiro atoms. The SMILES string of the molecule is O=C(O)Cc1cccc(Oc2ccc(Oc3cccc4[nH]ncc34)cc2C(F)(F)F)c1. The topological polar surface area (TPSA) is 84.4 Å². The quantitative estimate of drug-likeness (QED) is 0.406. The Morgan fingerprint density at radius 3 is 2.48 bits per heavy atom. The van der Waals surface area contributed by atoms with Gasteiger partial charge in [0.05, 0.1) is 23.5 Å². The van der Waals surface area contributed by atoms with Crippen LogP contribution in [0.15, 0.2) is 66.9 Å². The second kappa shape index (κ2) is 8.02. The van der Waals surface area contributed by atoms with Gasteiger partial charge in [0, 0.05) is 0 Å². The highest BCUT2D eigenvalue weighted by Crippen LogP contribution is 2.41. The smallest absolute Gasteiger partial charge is 0.420 e. The molecule has 0 radical (unpaired) electrons. The minimum Gasteiger partial charge on any atom is -0.481 e. The van der Waals surface area contributed by atoms with Crippen molar-refractivity contribution >= 4 is 16.9 Å². The molecule has 9 heteroatoms. The zero-order valence-corrected chi connectivity index (χ0v) is 15.8. The van der Waals surface area contributed by atoms with E-state index < -0.39 is 23.5 Å². The van der Waals surface area contributed by atoms with E-state index in [1.54, 1.807) is 24.3 Å². The van der Waals surface area contributed by atoms with Crippen molar-refractivity contribution in [2.75, 3.05) is 0 Å². The van der Waals surface area contributed by atoms with Crippen LogP contribution in [0, 0.1) is 0 Å². The number of carboxylic acid groups (broad SMARTS) is 1. The molecule has 0 fully saturated rings. The third kappa shape index (κ3) is 4.61. The fourth-order valence-corrected chi connectivity index (χ4v) is 3.06. The molecule has 0 bridgehead atoms. The van der Waals surface area contributed by atoms with Crippen LogP contribution in [0.2, 0.25) is 0 Å². The van der Waals surface area contributed by atoms with Crippen molar-refractivity contribution < 1.29 is 32.5 Å². The van der Waals surface area contributed by atoms with E-state index in [1.165, 1.54) is 30.5 Å². The predicted octanol–water partition coefficient (Wildman–Crippen LogP) is 5.79. The molecular weight excluding hydrogens is 413 g/mol. The number of nitrogens with zero attached hydrogens (tertiary/aromatic N) is 1. The van der Waals surface area contributed by atoms with Gasteiger partial charge in [-0.05, 0) is 48.0 Å². The summed E-state index contributed by atoms with van der Waals surface area (Å²) in [5, 5.41) is 16.2. The van der Waals surface area contributed by atoms with E-state index in [2.05, 4.69) is 10.2 Å². The summed E-state index contributed by atoms with van der Waals surface area (Å²) >= 11 is 0. The molecule has 0 amide bonds. The monoisotopic (exact) mass is 428 g/mol. The van der Waals surface area contributed by atoms with E-state index in [9.17, 15) is 18.0 Å². The molecule has 3 aromatic carbocycles. The molecule has 0 saturated carbocycles. The number of carbonyl (C=O) groups is 1. The van der Waals surface area contributed by atoms with Gasteiger partial charge in [0.2, 0.25) is 0 Å². The third-order valence-corrected chi connectivity index (χ3v) is 4.41. The van der Waals surface area contributed by atoms with Gasteiger partial charge in [-0.3, -0.25) is 9.89 Å². The fourth-order valence-electron chi connectivity index (χ4n) is 3.06. The van der Waals surface area contributed by atoms with Crippen LogP contribution in [0.4, 0.5) is 13.2 Å². The van der Waals surface area contributed by atoms with E-state index >= 15 is 0 Å². The molecule has 4 rings (SSSR count). The number of ether oxygens (including phenoxy) is 2. The van der Waals surface area contributed by atoms with Crippen LogP contribution in [-0.4, -0.2) is 21.3 Å². The second-order valence-electron chi connectivity index (χ2n) is 6.67. The molecule has 0 saturated heterocycles. The van der Waals surface area contributed by atoms with E-state index in [0.29, 0.717) is 22.2 Å². The third-order valence-electron chi connectivity index (χ3n) is 4.41. The lowest BCUT2D eigenvalue weighted by Gasteiger charge is -2.16. The number of alkyl halides is 3. The van der Waals surface area contributed by atoms with E-state index in [1.807, 2.05) is 0 Å². The lowest BCUT2D eigenvalue weighted by molar-refractivity contribution is -0.138. The Balaban J connectivity index is 1.65. The van der Waals surface area contributed by atoms with Crippen molar-refractivity contribution in [3.05, 3.63) is 78.0 Å². The second-order valence-corrected chi connectivity index (χ2v) is 6.67. The number of hydrogen-bond acceptors (Lipinski definition) is 4. The Kier molecular flexibility index (Phi) is 5.24. The van der Waals surface area contributed by atoms with Gasteiger partial charge in [0.25, 0.3) is 0 Å². The van der Waals surface area contributed by atoms with Crippen LogP contribution in [0.5, 0.6) is 23.0 Å². The number of rotatable bonds is 6. The van der Waals surface area contributed by atoms with Crippen molar-refractivity contribution in [3.8, 4) is 23.0 Å². The van der Waals surface area contributed by atoms with E-state index in [4.69, 9.17) is 14.6 Å². The Labute approximate surface area is 173 Å². The largest absolute Gasteiger partial charge is 0.481 e. The Morgan fingerprint density at radius 1 is 0.968 bits per heavy atom. The number of aromatic nitrogens is 2. The van der Waals surface area contributed by atoms with Crippen LogP contribution >= 0.6 is 0 Å².